The van der Waals surface area contributed by atoms with Crippen LogP contribution in [0, 0.1) is 18.8 Å². The summed E-state index contributed by atoms with van der Waals surface area (Å²) in [7, 11) is 0. The van der Waals surface area contributed by atoms with Crippen molar-refractivity contribution in [1.82, 2.24) is 0 Å². The van der Waals surface area contributed by atoms with Gasteiger partial charge in [0.1, 0.15) is 0 Å². The van der Waals surface area contributed by atoms with E-state index >= 15 is 0 Å². The Kier molecular flexibility index (Phi) is 6.72. The maximum Gasteiger partial charge on any atom is -0.0133 e. The molecular weight excluding hydrogens is 360 g/mol. The third-order valence-electron chi connectivity index (χ3n) is 7.43. The van der Waals surface area contributed by atoms with E-state index in [1.54, 1.807) is 5.56 Å². The summed E-state index contributed by atoms with van der Waals surface area (Å²) in [5.74, 6) is 2.49. The first-order valence-electron chi connectivity index (χ1n) is 12.0. The molecule has 1 fully saturated rings. The Bertz CT molecular complexity index is 936. The van der Waals surface area contributed by atoms with Crippen LogP contribution < -0.4 is 0 Å². The molecule has 3 atom stereocenters. The van der Waals surface area contributed by atoms with Crippen molar-refractivity contribution in [2.75, 3.05) is 0 Å². The fourth-order valence-corrected chi connectivity index (χ4v) is 5.77. The molecule has 0 saturated heterocycles. The van der Waals surface area contributed by atoms with Crippen molar-refractivity contribution in [1.29, 1.82) is 0 Å². The summed E-state index contributed by atoms with van der Waals surface area (Å²) in [4.78, 5) is 0. The van der Waals surface area contributed by atoms with Crippen molar-refractivity contribution >= 4 is 0 Å². The second-order valence-corrected chi connectivity index (χ2v) is 9.15. The van der Waals surface area contributed by atoms with Crippen molar-refractivity contribution < 1.29 is 0 Å². The van der Waals surface area contributed by atoms with Crippen LogP contribution in [0.25, 0.3) is 22.3 Å². The van der Waals surface area contributed by atoms with E-state index in [0.29, 0.717) is 5.92 Å². The molecule has 1 aliphatic rings. The van der Waals surface area contributed by atoms with E-state index in [0.717, 1.165) is 11.8 Å². The molecule has 0 bridgehead atoms. The molecule has 0 N–H and O–H groups in total. The average Bonchev–Trinajstić information content (AvgIpc) is 2.81. The summed E-state index contributed by atoms with van der Waals surface area (Å²) in [6.45, 7) is 7.07. The molecule has 3 unspecified atom stereocenters. The van der Waals surface area contributed by atoms with Gasteiger partial charge in [-0.15, -0.1) is 0 Å². The van der Waals surface area contributed by atoms with Crippen LogP contribution in [0.2, 0.25) is 0 Å². The number of hydrogen-bond donors (Lipinski definition) is 0. The third kappa shape index (κ3) is 4.38. The minimum Gasteiger partial charge on any atom is -0.0651 e. The number of rotatable bonds is 6. The fourth-order valence-electron chi connectivity index (χ4n) is 5.77. The van der Waals surface area contributed by atoms with Gasteiger partial charge in [-0.1, -0.05) is 112 Å². The van der Waals surface area contributed by atoms with Gasteiger partial charge in [-0.25, -0.2) is 0 Å². The van der Waals surface area contributed by atoms with E-state index in [-0.39, 0.29) is 0 Å². The van der Waals surface area contributed by atoms with Crippen LogP contribution in [0.3, 0.4) is 0 Å². The topological polar surface area (TPSA) is 0 Å². The van der Waals surface area contributed by atoms with Gasteiger partial charge in [-0.05, 0) is 70.9 Å². The summed E-state index contributed by atoms with van der Waals surface area (Å²) < 4.78 is 0. The summed E-state index contributed by atoms with van der Waals surface area (Å²) in [5.41, 5.74) is 8.20. The summed E-state index contributed by atoms with van der Waals surface area (Å²) in [5, 5.41) is 0. The van der Waals surface area contributed by atoms with Crippen molar-refractivity contribution in [3.05, 3.63) is 83.9 Å². The zero-order chi connectivity index (χ0) is 20.9. The van der Waals surface area contributed by atoms with Crippen LogP contribution in [-0.2, 0) is 0 Å². The lowest BCUT2D eigenvalue weighted by Gasteiger charge is -2.37. The standard InChI is InChI=1S/C30H36/c1-4-23-11-9-10-14-30(23)28(5-2)27-19-20-29(22(3)21-27)26-17-15-25(16-18-26)24-12-7-6-8-13-24/h6-8,12-13,15-21,23,28,30H,4-5,9-11,14H2,1-3H3. The van der Waals surface area contributed by atoms with Gasteiger partial charge in [0.15, 0.2) is 0 Å². The zero-order valence-electron chi connectivity index (χ0n) is 18.9. The van der Waals surface area contributed by atoms with Crippen molar-refractivity contribution in [2.24, 2.45) is 11.8 Å². The minimum atomic E-state index is 0.712. The molecule has 1 saturated carbocycles. The molecule has 0 radical (unpaired) electrons. The molecule has 30 heavy (non-hydrogen) atoms. The normalized spacial score (nSPS) is 20.1. The van der Waals surface area contributed by atoms with Gasteiger partial charge in [-0.3, -0.25) is 0 Å². The largest absolute Gasteiger partial charge is 0.0651 e. The SMILES string of the molecule is CCC1CCCCC1C(CC)c1ccc(-c2ccc(-c3ccccc3)cc2)c(C)c1. The van der Waals surface area contributed by atoms with Gasteiger partial charge >= 0.3 is 0 Å². The van der Waals surface area contributed by atoms with Crippen molar-refractivity contribution in [2.45, 2.75) is 65.2 Å². The number of benzene rings is 3. The number of aryl methyl sites for hydroxylation is 1. The lowest BCUT2D eigenvalue weighted by Crippen LogP contribution is -2.25. The monoisotopic (exact) mass is 396 g/mol. The molecule has 0 amide bonds. The van der Waals surface area contributed by atoms with Gasteiger partial charge in [0.05, 0.1) is 0 Å². The van der Waals surface area contributed by atoms with E-state index in [1.165, 1.54) is 66.3 Å². The smallest absolute Gasteiger partial charge is 0.0133 e. The maximum atomic E-state index is 2.48. The van der Waals surface area contributed by atoms with E-state index in [4.69, 9.17) is 0 Å². The molecule has 156 valence electrons. The van der Waals surface area contributed by atoms with E-state index < -0.39 is 0 Å². The molecule has 0 aliphatic heterocycles. The van der Waals surface area contributed by atoms with E-state index in [2.05, 4.69) is 93.6 Å². The lowest BCUT2D eigenvalue weighted by molar-refractivity contribution is 0.191. The zero-order valence-corrected chi connectivity index (χ0v) is 18.9. The predicted molar refractivity (Wildman–Crippen MR) is 131 cm³/mol. The van der Waals surface area contributed by atoms with Crippen molar-refractivity contribution in [3.63, 3.8) is 0 Å². The van der Waals surface area contributed by atoms with Crippen LogP contribution in [0.15, 0.2) is 72.8 Å². The molecule has 0 spiro atoms. The Morgan fingerprint density at radius 2 is 1.43 bits per heavy atom. The Hall–Kier alpha value is -2.34. The molecule has 1 aliphatic carbocycles. The van der Waals surface area contributed by atoms with Gasteiger partial charge < -0.3 is 0 Å². The Morgan fingerprint density at radius 1 is 0.767 bits per heavy atom. The molecule has 0 heteroatoms. The minimum absolute atomic E-state index is 0.712. The number of hydrogen-bond acceptors (Lipinski definition) is 0. The second kappa shape index (κ2) is 9.65. The van der Waals surface area contributed by atoms with E-state index in [9.17, 15) is 0 Å². The van der Waals surface area contributed by atoms with Gasteiger partial charge in [0.2, 0.25) is 0 Å². The van der Waals surface area contributed by atoms with Gasteiger partial charge in [0, 0.05) is 0 Å². The van der Waals surface area contributed by atoms with Gasteiger partial charge in [0.25, 0.3) is 0 Å². The predicted octanol–water partition coefficient (Wildman–Crippen LogP) is 9.04. The fraction of sp³-hybridized carbons (Fsp3) is 0.400. The lowest BCUT2D eigenvalue weighted by atomic mass is 9.68. The molecule has 3 aromatic rings. The molecule has 4 rings (SSSR count). The highest BCUT2D eigenvalue weighted by atomic mass is 14.4. The highest BCUT2D eigenvalue weighted by Gasteiger charge is 2.30. The quantitative estimate of drug-likeness (QED) is 0.390. The van der Waals surface area contributed by atoms with Crippen LogP contribution in [-0.4, -0.2) is 0 Å². The van der Waals surface area contributed by atoms with Crippen LogP contribution >= 0.6 is 0 Å². The van der Waals surface area contributed by atoms with Crippen LogP contribution in [0.4, 0.5) is 0 Å². The van der Waals surface area contributed by atoms with Crippen LogP contribution in [0.1, 0.15) is 69.4 Å². The Balaban J connectivity index is 1.58. The summed E-state index contributed by atoms with van der Waals surface area (Å²) in [6.07, 6.45) is 8.30. The summed E-state index contributed by atoms with van der Waals surface area (Å²) in [6, 6.07) is 26.9. The third-order valence-corrected chi connectivity index (χ3v) is 7.43. The van der Waals surface area contributed by atoms with Crippen LogP contribution in [0.5, 0.6) is 0 Å². The Morgan fingerprint density at radius 3 is 2.10 bits per heavy atom. The molecule has 0 heterocycles. The first-order valence-corrected chi connectivity index (χ1v) is 12.0. The average molecular weight is 397 g/mol. The second-order valence-electron chi connectivity index (χ2n) is 9.15. The molecular formula is C30H36. The molecule has 0 nitrogen and oxygen atoms in total. The summed E-state index contributed by atoms with van der Waals surface area (Å²) >= 11 is 0. The highest BCUT2D eigenvalue weighted by molar-refractivity contribution is 5.72. The maximum absolute atomic E-state index is 2.48. The first kappa shape index (κ1) is 20.9. The highest BCUT2D eigenvalue weighted by Crippen LogP contribution is 2.43. The Labute approximate surface area is 183 Å². The molecule has 0 aromatic heterocycles. The first-order chi connectivity index (χ1) is 14.7. The molecule has 3 aromatic carbocycles. The van der Waals surface area contributed by atoms with Gasteiger partial charge in [-0.2, -0.15) is 0 Å². The van der Waals surface area contributed by atoms with E-state index in [1.807, 2.05) is 0 Å². The van der Waals surface area contributed by atoms with Crippen molar-refractivity contribution in [3.8, 4) is 22.3 Å².